The van der Waals surface area contributed by atoms with Gasteiger partial charge >= 0.3 is 5.97 Å². The Morgan fingerprint density at radius 2 is 1.48 bits per heavy atom. The lowest BCUT2D eigenvalue weighted by Gasteiger charge is -2.20. The van der Waals surface area contributed by atoms with Crippen LogP contribution in [0.1, 0.15) is 48.9 Å². The smallest absolute Gasteiger partial charge is 0.306 e. The van der Waals surface area contributed by atoms with Crippen LogP contribution in [0.25, 0.3) is 0 Å². The van der Waals surface area contributed by atoms with Crippen LogP contribution < -0.4 is 15.4 Å². The SMILES string of the molecule is COc1ccc(NC(=O)c2ccc(NC(=O)COC(=O)CC3CCCCC3)cc2)cc1. The van der Waals surface area contributed by atoms with Crippen molar-refractivity contribution in [2.24, 2.45) is 5.92 Å². The Morgan fingerprint density at radius 3 is 2.13 bits per heavy atom. The van der Waals surface area contributed by atoms with Crippen molar-refractivity contribution in [3.8, 4) is 5.75 Å². The molecule has 164 valence electrons. The van der Waals surface area contributed by atoms with Gasteiger partial charge in [-0.2, -0.15) is 0 Å². The second-order valence-corrected chi connectivity index (χ2v) is 7.68. The molecule has 0 unspecified atom stereocenters. The number of rotatable bonds is 8. The molecule has 1 aliphatic carbocycles. The summed E-state index contributed by atoms with van der Waals surface area (Å²) in [5.74, 6) is 0.0818. The Balaban J connectivity index is 1.43. The number of nitrogens with one attached hydrogen (secondary N) is 2. The highest BCUT2D eigenvalue weighted by molar-refractivity contribution is 6.04. The topological polar surface area (TPSA) is 93.7 Å². The fraction of sp³-hybridized carbons (Fsp3) is 0.375. The van der Waals surface area contributed by atoms with Crippen LogP contribution in [0, 0.1) is 5.92 Å². The molecule has 0 atom stereocenters. The number of methoxy groups -OCH3 is 1. The third kappa shape index (κ3) is 7.13. The van der Waals surface area contributed by atoms with E-state index in [9.17, 15) is 14.4 Å². The Hall–Kier alpha value is -3.35. The van der Waals surface area contributed by atoms with Crippen molar-refractivity contribution in [1.82, 2.24) is 0 Å². The summed E-state index contributed by atoms with van der Waals surface area (Å²) in [6, 6.07) is 13.5. The van der Waals surface area contributed by atoms with Gasteiger partial charge in [0.25, 0.3) is 11.8 Å². The van der Waals surface area contributed by atoms with E-state index in [-0.39, 0.29) is 18.5 Å². The van der Waals surface area contributed by atoms with E-state index in [0.29, 0.717) is 35.0 Å². The van der Waals surface area contributed by atoms with Crippen LogP contribution in [0.5, 0.6) is 5.75 Å². The zero-order valence-corrected chi connectivity index (χ0v) is 17.7. The molecule has 7 nitrogen and oxygen atoms in total. The van der Waals surface area contributed by atoms with Gasteiger partial charge in [-0.3, -0.25) is 14.4 Å². The monoisotopic (exact) mass is 424 g/mol. The molecule has 2 N–H and O–H groups in total. The first-order valence-electron chi connectivity index (χ1n) is 10.5. The first-order chi connectivity index (χ1) is 15.0. The van der Waals surface area contributed by atoms with Gasteiger partial charge in [-0.25, -0.2) is 0 Å². The van der Waals surface area contributed by atoms with E-state index in [2.05, 4.69) is 10.6 Å². The van der Waals surface area contributed by atoms with Crippen molar-refractivity contribution in [2.75, 3.05) is 24.4 Å². The molecule has 0 spiro atoms. The summed E-state index contributed by atoms with van der Waals surface area (Å²) < 4.78 is 10.2. The number of carbonyl (C=O) groups excluding carboxylic acids is 3. The fourth-order valence-electron chi connectivity index (χ4n) is 3.61. The third-order valence-electron chi connectivity index (χ3n) is 5.32. The van der Waals surface area contributed by atoms with Crippen molar-refractivity contribution in [2.45, 2.75) is 38.5 Å². The molecule has 0 bridgehead atoms. The average molecular weight is 424 g/mol. The minimum Gasteiger partial charge on any atom is -0.497 e. The molecule has 0 radical (unpaired) electrons. The minimum atomic E-state index is -0.410. The van der Waals surface area contributed by atoms with Gasteiger partial charge in [0.15, 0.2) is 6.61 Å². The van der Waals surface area contributed by atoms with Gasteiger partial charge in [0.2, 0.25) is 0 Å². The number of hydrogen-bond acceptors (Lipinski definition) is 5. The molecule has 2 aromatic carbocycles. The number of amides is 2. The molecular formula is C24H28N2O5. The van der Waals surface area contributed by atoms with Gasteiger partial charge in [0.05, 0.1) is 7.11 Å². The first-order valence-corrected chi connectivity index (χ1v) is 10.5. The summed E-state index contributed by atoms with van der Waals surface area (Å²) in [5.41, 5.74) is 1.63. The summed E-state index contributed by atoms with van der Waals surface area (Å²) in [6.07, 6.45) is 6.04. The van der Waals surface area contributed by atoms with Gasteiger partial charge in [0.1, 0.15) is 5.75 Å². The predicted octanol–water partition coefficient (Wildman–Crippen LogP) is 4.40. The highest BCUT2D eigenvalue weighted by Gasteiger charge is 2.18. The van der Waals surface area contributed by atoms with Gasteiger partial charge in [-0.1, -0.05) is 19.3 Å². The average Bonchev–Trinajstić information content (AvgIpc) is 2.79. The van der Waals surface area contributed by atoms with E-state index in [1.807, 2.05) is 0 Å². The highest BCUT2D eigenvalue weighted by atomic mass is 16.5. The molecule has 1 fully saturated rings. The van der Waals surface area contributed by atoms with Crippen LogP contribution in [-0.4, -0.2) is 31.5 Å². The number of anilines is 2. The van der Waals surface area contributed by atoms with Crippen molar-refractivity contribution in [3.05, 3.63) is 54.1 Å². The fourth-order valence-corrected chi connectivity index (χ4v) is 3.61. The van der Waals surface area contributed by atoms with E-state index in [4.69, 9.17) is 9.47 Å². The number of benzene rings is 2. The van der Waals surface area contributed by atoms with E-state index in [1.165, 1.54) is 6.42 Å². The van der Waals surface area contributed by atoms with Crippen LogP contribution in [0.4, 0.5) is 11.4 Å². The lowest BCUT2D eigenvalue weighted by molar-refractivity contribution is -0.148. The molecule has 7 heteroatoms. The van der Waals surface area contributed by atoms with E-state index >= 15 is 0 Å². The summed E-state index contributed by atoms with van der Waals surface area (Å²) in [6.45, 7) is -0.314. The molecule has 0 aromatic heterocycles. The largest absolute Gasteiger partial charge is 0.497 e. The first kappa shape index (κ1) is 22.3. The van der Waals surface area contributed by atoms with Crippen LogP contribution in [-0.2, 0) is 14.3 Å². The van der Waals surface area contributed by atoms with Crippen LogP contribution in [0.2, 0.25) is 0 Å². The van der Waals surface area contributed by atoms with Crippen LogP contribution in [0.3, 0.4) is 0 Å². The Labute approximate surface area is 182 Å². The van der Waals surface area contributed by atoms with Crippen LogP contribution >= 0.6 is 0 Å². The Kier molecular flexibility index (Phi) is 8.04. The standard InChI is InChI=1S/C24H28N2O5/c1-30-21-13-11-20(12-14-21)26-24(29)18-7-9-19(10-8-18)25-22(27)16-31-23(28)15-17-5-3-2-4-6-17/h7-14,17H,2-6,15-16H2,1H3,(H,25,27)(H,26,29). The predicted molar refractivity (Wildman–Crippen MR) is 118 cm³/mol. The van der Waals surface area contributed by atoms with Crippen molar-refractivity contribution < 1.29 is 23.9 Å². The minimum absolute atomic E-state index is 0.264. The van der Waals surface area contributed by atoms with Crippen molar-refractivity contribution in [3.63, 3.8) is 0 Å². The molecule has 1 aliphatic rings. The Bertz CT molecular complexity index is 887. The number of ether oxygens (including phenoxy) is 2. The van der Waals surface area contributed by atoms with Gasteiger partial charge in [0, 0.05) is 23.4 Å². The molecular weight excluding hydrogens is 396 g/mol. The summed E-state index contributed by atoms with van der Waals surface area (Å²) in [4.78, 5) is 36.3. The maximum Gasteiger partial charge on any atom is 0.306 e. The second-order valence-electron chi connectivity index (χ2n) is 7.68. The lowest BCUT2D eigenvalue weighted by Crippen LogP contribution is -2.22. The third-order valence-corrected chi connectivity index (χ3v) is 5.32. The number of carbonyl (C=O) groups is 3. The molecule has 31 heavy (non-hydrogen) atoms. The number of esters is 1. The molecule has 2 amide bonds. The van der Waals surface area contributed by atoms with Gasteiger partial charge in [-0.15, -0.1) is 0 Å². The van der Waals surface area contributed by atoms with Crippen molar-refractivity contribution >= 4 is 29.2 Å². The summed E-state index contributed by atoms with van der Waals surface area (Å²) >= 11 is 0. The zero-order chi connectivity index (χ0) is 22.1. The summed E-state index contributed by atoms with van der Waals surface area (Å²) in [7, 11) is 1.58. The van der Waals surface area contributed by atoms with Crippen molar-refractivity contribution in [1.29, 1.82) is 0 Å². The molecule has 2 aromatic rings. The lowest BCUT2D eigenvalue weighted by atomic mass is 9.87. The zero-order valence-electron chi connectivity index (χ0n) is 17.7. The molecule has 0 aliphatic heterocycles. The molecule has 1 saturated carbocycles. The molecule has 0 heterocycles. The van der Waals surface area contributed by atoms with E-state index in [1.54, 1.807) is 55.6 Å². The normalized spacial score (nSPS) is 13.8. The molecule has 0 saturated heterocycles. The maximum atomic E-state index is 12.4. The summed E-state index contributed by atoms with van der Waals surface area (Å²) in [5, 5.41) is 5.46. The highest BCUT2D eigenvalue weighted by Crippen LogP contribution is 2.26. The maximum absolute atomic E-state index is 12.4. The number of hydrogen-bond donors (Lipinski definition) is 2. The van der Waals surface area contributed by atoms with Gasteiger partial charge < -0.3 is 20.1 Å². The Morgan fingerprint density at radius 1 is 0.871 bits per heavy atom. The van der Waals surface area contributed by atoms with Gasteiger partial charge in [-0.05, 0) is 67.3 Å². The van der Waals surface area contributed by atoms with E-state index < -0.39 is 5.91 Å². The van der Waals surface area contributed by atoms with E-state index in [0.717, 1.165) is 25.7 Å². The van der Waals surface area contributed by atoms with Crippen LogP contribution in [0.15, 0.2) is 48.5 Å². The quantitative estimate of drug-likeness (QED) is 0.613. The molecule has 3 rings (SSSR count). The second kappa shape index (κ2) is 11.2.